The number of anilines is 1. The maximum Gasteiger partial charge on any atom is 0.267 e. The molecule has 0 saturated heterocycles. The van der Waals surface area contributed by atoms with E-state index in [1.165, 1.54) is 0 Å². The second-order valence-electron chi connectivity index (χ2n) is 6.52. The van der Waals surface area contributed by atoms with E-state index >= 15 is 0 Å². The molecule has 1 unspecified atom stereocenters. The minimum Gasteiger partial charge on any atom is -0.481 e. The minimum atomic E-state index is -0.695. The number of para-hydroxylation sites is 1. The number of fused-ring (bicyclic) bond motifs is 3. The third kappa shape index (κ3) is 3.31. The van der Waals surface area contributed by atoms with Gasteiger partial charge in [-0.3, -0.25) is 10.1 Å². The number of nitrogens with zero attached hydrogens (tertiary/aromatic N) is 3. The first-order valence-electron chi connectivity index (χ1n) is 8.67. The first kappa shape index (κ1) is 17.0. The molecule has 2 aromatic carbocycles. The number of hydrogen-bond donors (Lipinski definition) is 2. The quantitative estimate of drug-likeness (QED) is 0.580. The molecule has 4 rings (SSSR count). The number of aryl methyl sites for hydroxylation is 2. The van der Waals surface area contributed by atoms with Gasteiger partial charge in [0, 0.05) is 5.39 Å². The largest absolute Gasteiger partial charge is 0.481 e. The maximum atomic E-state index is 12.4. The number of carbonyl (C=O) groups excluding carboxylic acids is 1. The molecule has 0 aliphatic heterocycles. The average molecular weight is 361 g/mol. The van der Waals surface area contributed by atoms with E-state index in [0.29, 0.717) is 16.9 Å². The monoisotopic (exact) mass is 361 g/mol. The number of aromatic nitrogens is 4. The van der Waals surface area contributed by atoms with E-state index in [9.17, 15) is 4.79 Å². The molecular formula is C20H19N5O2. The highest BCUT2D eigenvalue weighted by Crippen LogP contribution is 2.26. The summed E-state index contributed by atoms with van der Waals surface area (Å²) in [5.74, 6) is 0.413. The summed E-state index contributed by atoms with van der Waals surface area (Å²) in [5.41, 5.74) is 4.50. The molecule has 0 spiro atoms. The topological polar surface area (TPSA) is 92.8 Å². The standard InChI is InChI=1S/C20H19N5O2/c1-11-9-12(2)16-15(10-11)17-18(21-16)22-20(25-24-17)23-19(26)13(3)27-14-7-5-4-6-8-14/h4-10,13H,1-3H3,(H2,21,22,23,25,26). The Kier molecular flexibility index (Phi) is 4.19. The van der Waals surface area contributed by atoms with Crippen LogP contribution in [0.3, 0.4) is 0 Å². The molecule has 1 atom stereocenters. The van der Waals surface area contributed by atoms with Gasteiger partial charge in [0.1, 0.15) is 11.3 Å². The highest BCUT2D eigenvalue weighted by molar-refractivity contribution is 6.05. The Morgan fingerprint density at radius 2 is 1.93 bits per heavy atom. The number of hydrogen-bond acceptors (Lipinski definition) is 5. The Labute approximate surface area is 155 Å². The molecule has 0 fully saturated rings. The van der Waals surface area contributed by atoms with Crippen molar-refractivity contribution in [1.29, 1.82) is 0 Å². The Bertz CT molecular complexity index is 1140. The molecule has 0 radical (unpaired) electrons. The molecule has 7 heteroatoms. The summed E-state index contributed by atoms with van der Waals surface area (Å²) in [7, 11) is 0. The van der Waals surface area contributed by atoms with Gasteiger partial charge in [-0.25, -0.2) is 0 Å². The molecule has 4 aromatic rings. The fraction of sp³-hybridized carbons (Fsp3) is 0.200. The lowest BCUT2D eigenvalue weighted by molar-refractivity contribution is -0.122. The molecule has 0 aliphatic carbocycles. The average Bonchev–Trinajstić information content (AvgIpc) is 3.00. The second kappa shape index (κ2) is 6.68. The third-order valence-corrected chi connectivity index (χ3v) is 4.33. The zero-order valence-corrected chi connectivity index (χ0v) is 15.3. The van der Waals surface area contributed by atoms with Crippen LogP contribution in [0.15, 0.2) is 42.5 Å². The number of nitrogens with one attached hydrogen (secondary N) is 2. The first-order valence-corrected chi connectivity index (χ1v) is 8.67. The Balaban J connectivity index is 1.58. The smallest absolute Gasteiger partial charge is 0.267 e. The molecular weight excluding hydrogens is 342 g/mol. The van der Waals surface area contributed by atoms with E-state index in [0.717, 1.165) is 22.0 Å². The predicted molar refractivity (Wildman–Crippen MR) is 104 cm³/mol. The zero-order valence-electron chi connectivity index (χ0n) is 15.3. The van der Waals surface area contributed by atoms with Gasteiger partial charge in [-0.2, -0.15) is 4.98 Å². The molecule has 0 aliphatic rings. The van der Waals surface area contributed by atoms with Gasteiger partial charge < -0.3 is 9.72 Å². The van der Waals surface area contributed by atoms with Gasteiger partial charge in [-0.05, 0) is 44.5 Å². The molecule has 0 saturated carbocycles. The molecule has 2 N–H and O–H groups in total. The van der Waals surface area contributed by atoms with Crippen LogP contribution in [-0.4, -0.2) is 32.2 Å². The first-order chi connectivity index (χ1) is 13.0. The van der Waals surface area contributed by atoms with E-state index < -0.39 is 6.10 Å². The molecule has 7 nitrogen and oxygen atoms in total. The summed E-state index contributed by atoms with van der Waals surface area (Å²) in [6.07, 6.45) is -0.695. The van der Waals surface area contributed by atoms with E-state index in [1.807, 2.05) is 38.1 Å². The lowest BCUT2D eigenvalue weighted by Gasteiger charge is -2.13. The van der Waals surface area contributed by atoms with Crippen molar-refractivity contribution in [3.8, 4) is 5.75 Å². The van der Waals surface area contributed by atoms with Crippen molar-refractivity contribution in [2.75, 3.05) is 5.32 Å². The number of carbonyl (C=O) groups is 1. The predicted octanol–water partition coefficient (Wildman–Crippen LogP) is 3.53. The summed E-state index contributed by atoms with van der Waals surface area (Å²) in [5, 5.41) is 11.9. The van der Waals surface area contributed by atoms with Crippen molar-refractivity contribution >= 4 is 33.9 Å². The van der Waals surface area contributed by atoms with Crippen LogP contribution in [0, 0.1) is 13.8 Å². The Hall–Kier alpha value is -3.48. The van der Waals surface area contributed by atoms with Gasteiger partial charge in [0.25, 0.3) is 11.9 Å². The van der Waals surface area contributed by atoms with E-state index in [2.05, 4.69) is 31.5 Å². The van der Waals surface area contributed by atoms with Gasteiger partial charge in [-0.1, -0.05) is 29.8 Å². The highest BCUT2D eigenvalue weighted by atomic mass is 16.5. The second-order valence-corrected chi connectivity index (χ2v) is 6.52. The van der Waals surface area contributed by atoms with Crippen LogP contribution in [0.25, 0.3) is 22.1 Å². The summed E-state index contributed by atoms with van der Waals surface area (Å²) in [6.45, 7) is 5.74. The Morgan fingerprint density at radius 1 is 1.15 bits per heavy atom. The van der Waals surface area contributed by atoms with Crippen molar-refractivity contribution in [3.63, 3.8) is 0 Å². The lowest BCUT2D eigenvalue weighted by atomic mass is 10.1. The molecule has 1 amide bonds. The van der Waals surface area contributed by atoms with Crippen LogP contribution in [0.5, 0.6) is 5.75 Å². The van der Waals surface area contributed by atoms with Crippen LogP contribution < -0.4 is 10.1 Å². The van der Waals surface area contributed by atoms with Gasteiger partial charge in [0.15, 0.2) is 11.8 Å². The molecule has 136 valence electrons. The normalized spacial score (nSPS) is 12.3. The molecule has 2 heterocycles. The lowest BCUT2D eigenvalue weighted by Crippen LogP contribution is -2.30. The number of benzene rings is 2. The number of aromatic amines is 1. The number of ether oxygens (including phenoxy) is 1. The van der Waals surface area contributed by atoms with Gasteiger partial charge in [-0.15, -0.1) is 10.2 Å². The summed E-state index contributed by atoms with van der Waals surface area (Å²) in [6, 6.07) is 13.3. The van der Waals surface area contributed by atoms with E-state index in [-0.39, 0.29) is 11.9 Å². The Morgan fingerprint density at radius 3 is 2.70 bits per heavy atom. The van der Waals surface area contributed by atoms with E-state index in [4.69, 9.17) is 4.74 Å². The highest BCUT2D eigenvalue weighted by Gasteiger charge is 2.17. The van der Waals surface area contributed by atoms with Crippen molar-refractivity contribution in [2.45, 2.75) is 26.9 Å². The van der Waals surface area contributed by atoms with Crippen molar-refractivity contribution in [1.82, 2.24) is 20.2 Å². The number of H-pyrrole nitrogens is 1. The minimum absolute atomic E-state index is 0.136. The maximum absolute atomic E-state index is 12.4. The fourth-order valence-electron chi connectivity index (χ4n) is 3.05. The molecule has 2 aromatic heterocycles. The van der Waals surface area contributed by atoms with Gasteiger partial charge in [0.2, 0.25) is 0 Å². The van der Waals surface area contributed by atoms with Gasteiger partial charge in [0.05, 0.1) is 5.52 Å². The van der Waals surface area contributed by atoms with Crippen LogP contribution >= 0.6 is 0 Å². The SMILES string of the molecule is Cc1cc(C)c2[nH]c3nc(NC(=O)C(C)Oc4ccccc4)nnc3c2c1. The van der Waals surface area contributed by atoms with Crippen molar-refractivity contribution in [2.24, 2.45) is 0 Å². The number of rotatable bonds is 4. The van der Waals surface area contributed by atoms with Crippen molar-refractivity contribution in [3.05, 3.63) is 53.6 Å². The van der Waals surface area contributed by atoms with Crippen LogP contribution in [0.2, 0.25) is 0 Å². The van der Waals surface area contributed by atoms with E-state index in [1.54, 1.807) is 19.1 Å². The van der Waals surface area contributed by atoms with Crippen LogP contribution in [0.4, 0.5) is 5.95 Å². The summed E-state index contributed by atoms with van der Waals surface area (Å²) in [4.78, 5) is 20.0. The molecule has 27 heavy (non-hydrogen) atoms. The van der Waals surface area contributed by atoms with Gasteiger partial charge >= 0.3 is 0 Å². The van der Waals surface area contributed by atoms with Crippen LogP contribution in [0.1, 0.15) is 18.1 Å². The summed E-state index contributed by atoms with van der Waals surface area (Å²) >= 11 is 0. The molecule has 0 bridgehead atoms. The van der Waals surface area contributed by atoms with Crippen LogP contribution in [-0.2, 0) is 4.79 Å². The summed E-state index contributed by atoms with van der Waals surface area (Å²) < 4.78 is 5.62. The van der Waals surface area contributed by atoms with Crippen molar-refractivity contribution < 1.29 is 9.53 Å². The number of amides is 1. The zero-order chi connectivity index (χ0) is 19.0. The third-order valence-electron chi connectivity index (χ3n) is 4.33. The fourth-order valence-corrected chi connectivity index (χ4v) is 3.05.